The Hall–Kier alpha value is -2.89. The van der Waals surface area contributed by atoms with Gasteiger partial charge in [0.1, 0.15) is 11.5 Å². The summed E-state index contributed by atoms with van der Waals surface area (Å²) in [6.07, 6.45) is 2.05. The highest BCUT2D eigenvalue weighted by Gasteiger charge is 2.25. The van der Waals surface area contributed by atoms with Crippen molar-refractivity contribution in [3.8, 4) is 11.5 Å². The molecule has 2 heterocycles. The minimum atomic E-state index is -0.342. The first-order valence-electron chi connectivity index (χ1n) is 10.9. The number of hydrogen-bond donors (Lipinski definition) is 1. The summed E-state index contributed by atoms with van der Waals surface area (Å²) in [6, 6.07) is 11.8. The summed E-state index contributed by atoms with van der Waals surface area (Å²) in [6.45, 7) is 12.3. The molecule has 0 aromatic heterocycles. The first-order valence-corrected chi connectivity index (χ1v) is 10.9. The number of carbonyl (C=O) groups is 1. The molecule has 0 radical (unpaired) electrons. The fourth-order valence-corrected chi connectivity index (χ4v) is 3.69. The molecule has 2 aliphatic rings. The number of nitrogens with zero attached hydrogens (tertiary/aromatic N) is 1. The highest BCUT2D eigenvalue weighted by Crippen LogP contribution is 2.35. The number of fused-ring (bicyclic) bond motifs is 2. The van der Waals surface area contributed by atoms with E-state index in [2.05, 4.69) is 60.8 Å². The summed E-state index contributed by atoms with van der Waals surface area (Å²) < 4.78 is 16.0. The van der Waals surface area contributed by atoms with Crippen LogP contribution in [-0.2, 0) is 4.74 Å². The van der Waals surface area contributed by atoms with Gasteiger partial charge in [0, 0.05) is 18.6 Å². The Morgan fingerprint density at radius 2 is 1.77 bits per heavy atom. The largest absolute Gasteiger partial charge is 0.491 e. The van der Waals surface area contributed by atoms with Crippen LogP contribution in [0.5, 0.6) is 11.5 Å². The second-order valence-corrected chi connectivity index (χ2v) is 8.83. The van der Waals surface area contributed by atoms with Crippen molar-refractivity contribution in [3.05, 3.63) is 47.5 Å². The summed E-state index contributed by atoms with van der Waals surface area (Å²) in [5.41, 5.74) is 4.09. The van der Waals surface area contributed by atoms with Gasteiger partial charge in [-0.05, 0) is 76.4 Å². The van der Waals surface area contributed by atoms with Gasteiger partial charge < -0.3 is 24.4 Å². The summed E-state index contributed by atoms with van der Waals surface area (Å²) >= 11 is 0. The highest BCUT2D eigenvalue weighted by molar-refractivity contribution is 5.90. The lowest BCUT2D eigenvalue weighted by Gasteiger charge is -2.37. The maximum Gasteiger partial charge on any atom is 0.337 e. The average Bonchev–Trinajstić information content (AvgIpc) is 3.10. The van der Waals surface area contributed by atoms with E-state index >= 15 is 0 Å². The van der Waals surface area contributed by atoms with Crippen LogP contribution in [0, 0.1) is 6.92 Å². The zero-order chi connectivity index (χ0) is 22.4. The Morgan fingerprint density at radius 1 is 1.03 bits per heavy atom. The van der Waals surface area contributed by atoms with Crippen LogP contribution in [0.15, 0.2) is 36.4 Å². The second kappa shape index (κ2) is 9.94. The predicted octanol–water partition coefficient (Wildman–Crippen LogP) is 5.05. The maximum atomic E-state index is 11.3. The number of aryl methyl sites for hydroxylation is 1. The van der Waals surface area contributed by atoms with Crippen LogP contribution in [0.1, 0.15) is 49.5 Å². The van der Waals surface area contributed by atoms with Gasteiger partial charge in [0.05, 0.1) is 37.3 Å². The van der Waals surface area contributed by atoms with Gasteiger partial charge >= 0.3 is 5.97 Å². The summed E-state index contributed by atoms with van der Waals surface area (Å²) in [7, 11) is 1.37. The van der Waals surface area contributed by atoms with Crippen molar-refractivity contribution < 1.29 is 19.0 Å². The molecule has 2 aromatic carbocycles. The summed E-state index contributed by atoms with van der Waals surface area (Å²) in [4.78, 5) is 13.7. The molecule has 0 saturated carbocycles. The summed E-state index contributed by atoms with van der Waals surface area (Å²) in [5.74, 6) is 1.41. The molecule has 31 heavy (non-hydrogen) atoms. The van der Waals surface area contributed by atoms with E-state index in [1.54, 1.807) is 12.1 Å². The number of rotatable bonds is 1. The van der Waals surface area contributed by atoms with Crippen molar-refractivity contribution in [2.75, 3.05) is 43.6 Å². The summed E-state index contributed by atoms with van der Waals surface area (Å²) in [5, 5.41) is 3.23. The van der Waals surface area contributed by atoms with Crippen LogP contribution in [0.3, 0.4) is 0 Å². The van der Waals surface area contributed by atoms with E-state index in [-0.39, 0.29) is 11.5 Å². The molecule has 1 N–H and O–H groups in total. The van der Waals surface area contributed by atoms with Gasteiger partial charge in [-0.1, -0.05) is 6.07 Å². The minimum Gasteiger partial charge on any atom is -0.491 e. The lowest BCUT2D eigenvalue weighted by atomic mass is 10.0. The minimum absolute atomic E-state index is 0.151. The Morgan fingerprint density at radius 3 is 2.52 bits per heavy atom. The maximum absolute atomic E-state index is 11.3. The van der Waals surface area contributed by atoms with Crippen LogP contribution < -0.4 is 19.7 Å². The number of methoxy groups -OCH3 is 1. The molecule has 2 aromatic rings. The van der Waals surface area contributed by atoms with Crippen LogP contribution in [0.25, 0.3) is 0 Å². The molecule has 168 valence electrons. The third-order valence-electron chi connectivity index (χ3n) is 5.30. The van der Waals surface area contributed by atoms with Gasteiger partial charge in [0.15, 0.2) is 0 Å². The quantitative estimate of drug-likeness (QED) is 0.644. The Balaban J connectivity index is 0.000000176. The van der Waals surface area contributed by atoms with Crippen molar-refractivity contribution in [1.82, 2.24) is 0 Å². The smallest absolute Gasteiger partial charge is 0.337 e. The first-order chi connectivity index (χ1) is 14.8. The van der Waals surface area contributed by atoms with Crippen molar-refractivity contribution >= 4 is 17.3 Å². The normalized spacial score (nSPS) is 15.3. The topological polar surface area (TPSA) is 60.0 Å². The van der Waals surface area contributed by atoms with Crippen molar-refractivity contribution in [2.45, 2.75) is 46.1 Å². The molecule has 0 fully saturated rings. The zero-order valence-corrected chi connectivity index (χ0v) is 19.3. The van der Waals surface area contributed by atoms with E-state index < -0.39 is 0 Å². The van der Waals surface area contributed by atoms with Gasteiger partial charge in [0.25, 0.3) is 0 Å². The number of hydrogen-bond acceptors (Lipinski definition) is 6. The molecule has 2 aliphatic heterocycles. The van der Waals surface area contributed by atoms with E-state index in [1.165, 1.54) is 18.4 Å². The van der Waals surface area contributed by atoms with E-state index in [0.717, 1.165) is 49.7 Å². The Labute approximate surface area is 185 Å². The fraction of sp³-hybridized carbons (Fsp3) is 0.480. The molecule has 0 saturated heterocycles. The molecule has 0 aliphatic carbocycles. The van der Waals surface area contributed by atoms with Crippen LogP contribution in [-0.4, -0.2) is 44.9 Å². The number of anilines is 2. The van der Waals surface area contributed by atoms with Crippen LogP contribution in [0.2, 0.25) is 0 Å². The predicted molar refractivity (Wildman–Crippen MR) is 125 cm³/mol. The Kier molecular flexibility index (Phi) is 7.31. The molecule has 6 heteroatoms. The highest BCUT2D eigenvalue weighted by atomic mass is 16.5. The number of ether oxygens (including phenoxy) is 3. The zero-order valence-electron chi connectivity index (χ0n) is 19.3. The SMILES string of the molecule is COC(=O)c1ccc2c(c1)OCCCN2.Cc1ccc2c(c1)OCCCN2C(C)(C)C. The molecule has 0 amide bonds. The van der Waals surface area contributed by atoms with Gasteiger partial charge in [-0.2, -0.15) is 0 Å². The molecule has 0 unspecified atom stereocenters. The molecule has 0 bridgehead atoms. The third kappa shape index (κ3) is 5.84. The lowest BCUT2D eigenvalue weighted by Crippen LogP contribution is -2.41. The standard InChI is InChI=1S/C14H21NO.C11H13NO3/c1-11-6-7-12-13(10-11)16-9-5-8-15(12)14(2,3)4;1-14-11(13)8-3-4-9-10(7-8)15-6-2-5-12-9/h6-7,10H,5,8-9H2,1-4H3;3-4,7,12H,2,5-6H2,1H3. The molecule has 4 rings (SSSR count). The van der Waals surface area contributed by atoms with E-state index in [9.17, 15) is 4.79 Å². The molecular weight excluding hydrogens is 392 g/mol. The van der Waals surface area contributed by atoms with Crippen molar-refractivity contribution in [2.24, 2.45) is 0 Å². The number of benzene rings is 2. The fourth-order valence-electron chi connectivity index (χ4n) is 3.69. The number of esters is 1. The molecule has 6 nitrogen and oxygen atoms in total. The average molecular weight is 427 g/mol. The van der Waals surface area contributed by atoms with Crippen molar-refractivity contribution in [1.29, 1.82) is 0 Å². The van der Waals surface area contributed by atoms with Crippen molar-refractivity contribution in [3.63, 3.8) is 0 Å². The Bertz CT molecular complexity index is 905. The van der Waals surface area contributed by atoms with Gasteiger partial charge in [-0.25, -0.2) is 4.79 Å². The second-order valence-electron chi connectivity index (χ2n) is 8.83. The molecule has 0 atom stereocenters. The lowest BCUT2D eigenvalue weighted by molar-refractivity contribution is 0.0600. The van der Waals surface area contributed by atoms with Gasteiger partial charge in [0.2, 0.25) is 0 Å². The molecular formula is C25H34N2O4. The number of carbonyl (C=O) groups excluding carboxylic acids is 1. The molecule has 0 spiro atoms. The van der Waals surface area contributed by atoms with Crippen LogP contribution >= 0.6 is 0 Å². The van der Waals surface area contributed by atoms with Gasteiger partial charge in [-0.3, -0.25) is 0 Å². The first kappa shape index (κ1) is 22.8. The van der Waals surface area contributed by atoms with Crippen LogP contribution in [0.4, 0.5) is 11.4 Å². The number of nitrogens with one attached hydrogen (secondary N) is 1. The van der Waals surface area contributed by atoms with E-state index in [4.69, 9.17) is 9.47 Å². The van der Waals surface area contributed by atoms with E-state index in [1.807, 2.05) is 6.07 Å². The third-order valence-corrected chi connectivity index (χ3v) is 5.30. The van der Waals surface area contributed by atoms with Gasteiger partial charge in [-0.15, -0.1) is 0 Å². The van der Waals surface area contributed by atoms with E-state index in [0.29, 0.717) is 12.2 Å². The monoisotopic (exact) mass is 426 g/mol.